The molecule has 0 aromatic heterocycles. The maximum absolute atomic E-state index is 13.1. The van der Waals surface area contributed by atoms with Gasteiger partial charge in [-0.15, -0.1) is 0 Å². The minimum atomic E-state index is -4.89. The maximum Gasteiger partial charge on any atom is 0.403 e. The Hall–Kier alpha value is -4.82. The van der Waals surface area contributed by atoms with Crippen LogP contribution in [-0.2, 0) is 52.2 Å². The van der Waals surface area contributed by atoms with Crippen molar-refractivity contribution in [2.75, 3.05) is 85.1 Å². The number of nitrogens with zero attached hydrogens (tertiary/aromatic N) is 4. The van der Waals surface area contributed by atoms with E-state index in [1.54, 1.807) is 14.9 Å². The molecule has 0 radical (unpaired) electrons. The molecule has 0 spiro atoms. The van der Waals surface area contributed by atoms with Crippen LogP contribution in [0.5, 0.6) is 0 Å². The molecule has 4 atom stereocenters. The minimum Gasteiger partial charge on any atom is -0.481 e. The number of hydrogen-bond acceptors (Lipinski definition) is 15. The highest BCUT2D eigenvalue weighted by Gasteiger charge is 2.31. The molecule has 0 saturated carbocycles. The molecule has 57 heavy (non-hydrogen) atoms. The fraction of sp³-hybridized carbons (Fsp3) is 0.700. The van der Waals surface area contributed by atoms with E-state index in [9.17, 15) is 78.1 Å². The van der Waals surface area contributed by atoms with E-state index >= 15 is 0 Å². The molecule has 0 aromatic carbocycles. The van der Waals surface area contributed by atoms with Crippen molar-refractivity contribution in [2.24, 2.45) is 0 Å². The van der Waals surface area contributed by atoms with E-state index in [0.717, 1.165) is 0 Å². The third kappa shape index (κ3) is 23.1. The van der Waals surface area contributed by atoms with E-state index in [1.165, 1.54) is 9.80 Å². The first-order valence-corrected chi connectivity index (χ1v) is 18.9. The summed E-state index contributed by atoms with van der Waals surface area (Å²) in [6, 6.07) is -5.17. The Morgan fingerprint density at radius 2 is 0.842 bits per heavy atom. The summed E-state index contributed by atoms with van der Waals surface area (Å²) >= 11 is 0. The second-order valence-electron chi connectivity index (χ2n) is 12.8. The van der Waals surface area contributed by atoms with E-state index in [-0.39, 0.29) is 58.9 Å². The molecule has 0 aliphatic carbocycles. The molecule has 27 heteroatoms. The highest BCUT2D eigenvalue weighted by atomic mass is 31.2. The van der Waals surface area contributed by atoms with Gasteiger partial charge in [-0.05, 0) is 12.8 Å². The number of rotatable bonds is 25. The third-order valence-corrected chi connectivity index (χ3v) is 9.41. The van der Waals surface area contributed by atoms with Gasteiger partial charge in [0.2, 0.25) is 11.8 Å². The Morgan fingerprint density at radius 1 is 0.491 bits per heavy atom. The van der Waals surface area contributed by atoms with Crippen molar-refractivity contribution >= 4 is 61.3 Å². The second kappa shape index (κ2) is 25.4. The topological polar surface area (TPSA) is 391 Å². The molecule has 2 unspecified atom stereocenters. The molecular formula is C30H50N7O19P. The van der Waals surface area contributed by atoms with Crippen molar-refractivity contribution in [3.05, 3.63) is 0 Å². The van der Waals surface area contributed by atoms with Crippen LogP contribution in [0.15, 0.2) is 0 Å². The molecular weight excluding hydrogens is 793 g/mol. The maximum atomic E-state index is 13.1. The summed E-state index contributed by atoms with van der Waals surface area (Å²) in [5.41, 5.74) is 0. The van der Waals surface area contributed by atoms with Crippen LogP contribution >= 0.6 is 7.75 Å². The van der Waals surface area contributed by atoms with Crippen LogP contribution in [0.4, 0.5) is 0 Å². The normalized spacial score (nSPS) is 18.0. The van der Waals surface area contributed by atoms with Crippen molar-refractivity contribution in [1.29, 1.82) is 0 Å². The van der Waals surface area contributed by atoms with Gasteiger partial charge < -0.3 is 51.3 Å². The van der Waals surface area contributed by atoms with Gasteiger partial charge in [0.25, 0.3) is 0 Å². The smallest absolute Gasteiger partial charge is 0.403 e. The number of amides is 2. The zero-order valence-corrected chi connectivity index (χ0v) is 31.7. The average Bonchev–Trinajstić information content (AvgIpc) is 3.07. The Balaban J connectivity index is 2.88. The van der Waals surface area contributed by atoms with E-state index in [0.29, 0.717) is 0 Å². The lowest BCUT2D eigenvalue weighted by atomic mass is 10.1. The zero-order valence-electron chi connectivity index (χ0n) is 30.8. The molecule has 0 aromatic rings. The fourth-order valence-electron chi connectivity index (χ4n) is 5.32. The quantitative estimate of drug-likeness (QED) is 0.0388. The summed E-state index contributed by atoms with van der Waals surface area (Å²) < 4.78 is 16.9. The Bertz CT molecular complexity index is 1450. The molecule has 26 nitrogen and oxygen atoms in total. The Kier molecular flexibility index (Phi) is 22.4. The predicted molar refractivity (Wildman–Crippen MR) is 189 cm³/mol. The van der Waals surface area contributed by atoms with Gasteiger partial charge in [-0.1, -0.05) is 0 Å². The van der Waals surface area contributed by atoms with Crippen molar-refractivity contribution in [1.82, 2.24) is 35.3 Å². The average molecular weight is 844 g/mol. The summed E-state index contributed by atoms with van der Waals surface area (Å²) in [6.45, 7) is -1.59. The van der Waals surface area contributed by atoms with Crippen LogP contribution < -0.4 is 15.7 Å². The van der Waals surface area contributed by atoms with Crippen LogP contribution in [0.3, 0.4) is 0 Å². The number of nitrogens with one attached hydrogen (secondary N) is 3. The Morgan fingerprint density at radius 3 is 1.21 bits per heavy atom. The van der Waals surface area contributed by atoms with Gasteiger partial charge in [0, 0.05) is 71.6 Å². The first kappa shape index (κ1) is 50.2. The summed E-state index contributed by atoms with van der Waals surface area (Å²) in [6.07, 6.45) is -3.01. The number of aliphatic carboxylic acids is 7. The van der Waals surface area contributed by atoms with E-state index < -0.39 is 138 Å². The summed E-state index contributed by atoms with van der Waals surface area (Å²) in [7, 11) is -4.89. The second-order valence-corrected chi connectivity index (χ2v) is 14.4. The predicted octanol–water partition coefficient (Wildman–Crippen LogP) is -4.20. The number of carboxylic acids is 7. The van der Waals surface area contributed by atoms with Gasteiger partial charge in [0.05, 0.1) is 32.8 Å². The summed E-state index contributed by atoms with van der Waals surface area (Å²) in [5, 5.41) is 71.3. The standard InChI is InChI=1S/C30H50N7O19P/c38-22(31-20(29(50)51)5-14-56-57(54,55)33-21(30(52)53)2-4-24(40)41)3-1-19(28(48)49)32-23(39)15-34-6-8-35(16-25(42)43)10-12-37(18-27(46)47)13-11-36(9-7-34)17-26(44)45/h19-21H,1-18H2,(H,31,38)(H,32,39)(H,40,41)(H,42,43)(H,44,45)(H,46,47)(H,48,49)(H,50,51)(H,52,53)(H2,33,54,55)/t19-,20+,21?/m1/s1. The molecule has 0 bridgehead atoms. The fourth-order valence-corrected chi connectivity index (χ4v) is 6.39. The van der Waals surface area contributed by atoms with Gasteiger partial charge >= 0.3 is 49.5 Å². The minimum absolute atomic E-state index is 0.0631. The molecule has 1 aliphatic rings. The summed E-state index contributed by atoms with van der Waals surface area (Å²) in [5.74, 6) is -11.5. The van der Waals surface area contributed by atoms with Gasteiger partial charge in [-0.25, -0.2) is 19.2 Å². The lowest BCUT2D eigenvalue weighted by Gasteiger charge is -2.33. The highest BCUT2D eigenvalue weighted by Crippen LogP contribution is 2.38. The van der Waals surface area contributed by atoms with Crippen molar-refractivity contribution in [3.8, 4) is 0 Å². The van der Waals surface area contributed by atoms with Crippen molar-refractivity contribution in [3.63, 3.8) is 0 Å². The van der Waals surface area contributed by atoms with Crippen molar-refractivity contribution in [2.45, 2.75) is 50.2 Å². The molecule has 1 heterocycles. The van der Waals surface area contributed by atoms with Gasteiger partial charge in [-0.3, -0.25) is 57.7 Å². The van der Waals surface area contributed by atoms with Gasteiger partial charge in [0.1, 0.15) is 18.1 Å². The van der Waals surface area contributed by atoms with Gasteiger partial charge in [-0.2, -0.15) is 0 Å². The number of carboxylic acid groups (broad SMARTS) is 7. The van der Waals surface area contributed by atoms with Crippen LogP contribution in [0.2, 0.25) is 0 Å². The van der Waals surface area contributed by atoms with Gasteiger partial charge in [0.15, 0.2) is 0 Å². The molecule has 2 amide bonds. The Labute approximate surface area is 324 Å². The van der Waals surface area contributed by atoms with Crippen molar-refractivity contribution < 1.29 is 92.9 Å². The van der Waals surface area contributed by atoms with Crippen LogP contribution in [0, 0.1) is 0 Å². The van der Waals surface area contributed by atoms with E-state index in [1.807, 2.05) is 0 Å². The molecule has 1 rings (SSSR count). The monoisotopic (exact) mass is 843 g/mol. The van der Waals surface area contributed by atoms with E-state index in [2.05, 4.69) is 15.2 Å². The molecule has 11 N–H and O–H groups in total. The summed E-state index contributed by atoms with van der Waals surface area (Å²) in [4.78, 5) is 122. The zero-order chi connectivity index (χ0) is 43.3. The lowest BCUT2D eigenvalue weighted by Crippen LogP contribution is -2.51. The lowest BCUT2D eigenvalue weighted by molar-refractivity contribution is -0.143. The molecule has 324 valence electrons. The van der Waals surface area contributed by atoms with Crippen LogP contribution in [0.25, 0.3) is 0 Å². The van der Waals surface area contributed by atoms with E-state index in [4.69, 9.17) is 10.2 Å². The SMILES string of the molecule is O=C(O)CCC(NP(=O)(O)OCC[C@H](NC(=O)CC[C@@H](NC(=O)CN1CCN(CC(=O)O)CCN(CC(=O)O)CCN(CC(=O)O)CC1)C(=O)O)C(=O)O)C(=O)O. The largest absolute Gasteiger partial charge is 0.481 e. The third-order valence-electron chi connectivity index (χ3n) is 8.24. The first-order chi connectivity index (χ1) is 26.6. The highest BCUT2D eigenvalue weighted by molar-refractivity contribution is 7.50. The number of hydrogen-bond donors (Lipinski definition) is 11. The molecule has 1 fully saturated rings. The number of carbonyl (C=O) groups excluding carboxylic acids is 2. The molecule has 1 aliphatic heterocycles. The van der Waals surface area contributed by atoms with Crippen LogP contribution in [-0.4, -0.2) is 217 Å². The molecule has 1 saturated heterocycles. The van der Waals surface area contributed by atoms with Crippen LogP contribution in [0.1, 0.15) is 32.1 Å². The number of carbonyl (C=O) groups is 9. The first-order valence-electron chi connectivity index (χ1n) is 17.4.